The van der Waals surface area contributed by atoms with Crippen LogP contribution in [0.5, 0.6) is 0 Å². The molecule has 1 aromatic carbocycles. The van der Waals surface area contributed by atoms with Crippen LogP contribution in [0.4, 0.5) is 0 Å². The molecule has 5 nitrogen and oxygen atoms in total. The maximum atomic E-state index is 12.9. The Balaban J connectivity index is 0.00000156. The van der Waals surface area contributed by atoms with Gasteiger partial charge in [-0.3, -0.25) is 9.78 Å². The van der Waals surface area contributed by atoms with E-state index in [1.807, 2.05) is 36.9 Å². The van der Waals surface area contributed by atoms with Crippen LogP contribution in [0.25, 0.3) is 10.9 Å². The van der Waals surface area contributed by atoms with E-state index in [2.05, 4.69) is 11.1 Å². The molecule has 2 aromatic rings. The van der Waals surface area contributed by atoms with Crippen LogP contribution in [0.2, 0.25) is 0 Å². The molecule has 2 N–H and O–H groups in total. The smallest absolute Gasteiger partial charge is 0.255 e. The van der Waals surface area contributed by atoms with Gasteiger partial charge in [-0.1, -0.05) is 11.6 Å². The summed E-state index contributed by atoms with van der Waals surface area (Å²) < 4.78 is 5.66. The standard InChI is InChI=1S/C18H23N3O2.2ClH/c1-12-3-4-17-14(9-12)10-16(13(2)20-17)18(22)21-7-8-23-15(11-21)5-6-19;;/h3-4,9-10,15H,5-8,11,19H2,1-2H3;2*1H. The van der Waals surface area contributed by atoms with Crippen molar-refractivity contribution in [3.8, 4) is 0 Å². The summed E-state index contributed by atoms with van der Waals surface area (Å²) in [4.78, 5) is 19.3. The topological polar surface area (TPSA) is 68.5 Å². The van der Waals surface area contributed by atoms with Crippen molar-refractivity contribution in [1.82, 2.24) is 9.88 Å². The first-order valence-electron chi connectivity index (χ1n) is 8.07. The molecule has 138 valence electrons. The van der Waals surface area contributed by atoms with E-state index in [-0.39, 0.29) is 36.8 Å². The number of hydrogen-bond donors (Lipinski definition) is 1. The van der Waals surface area contributed by atoms with Crippen molar-refractivity contribution in [2.45, 2.75) is 26.4 Å². The van der Waals surface area contributed by atoms with E-state index in [0.717, 1.165) is 28.6 Å². The Kier molecular flexibility index (Phi) is 8.09. The normalized spacial score (nSPS) is 16.9. The number of fused-ring (bicyclic) bond motifs is 1. The lowest BCUT2D eigenvalue weighted by molar-refractivity contribution is -0.0236. The van der Waals surface area contributed by atoms with Gasteiger partial charge < -0.3 is 15.4 Å². The Morgan fingerprint density at radius 3 is 2.80 bits per heavy atom. The minimum Gasteiger partial charge on any atom is -0.374 e. The average molecular weight is 386 g/mol. The van der Waals surface area contributed by atoms with Gasteiger partial charge in [-0.15, -0.1) is 24.8 Å². The van der Waals surface area contributed by atoms with Gasteiger partial charge in [0.1, 0.15) is 0 Å². The molecular formula is C18H25Cl2N3O2. The Labute approximate surface area is 160 Å². The van der Waals surface area contributed by atoms with Crippen LogP contribution in [0.3, 0.4) is 0 Å². The Morgan fingerprint density at radius 2 is 2.08 bits per heavy atom. The van der Waals surface area contributed by atoms with E-state index in [0.29, 0.717) is 31.8 Å². The van der Waals surface area contributed by atoms with Gasteiger partial charge in [0.2, 0.25) is 0 Å². The van der Waals surface area contributed by atoms with Gasteiger partial charge in [0.05, 0.1) is 29.5 Å². The SMILES string of the molecule is Cc1ccc2nc(C)c(C(=O)N3CCOC(CCN)C3)cc2c1.Cl.Cl. The third-order valence-corrected chi connectivity index (χ3v) is 4.31. The van der Waals surface area contributed by atoms with Crippen LogP contribution in [0.15, 0.2) is 24.3 Å². The number of morpholine rings is 1. The molecular weight excluding hydrogens is 361 g/mol. The summed E-state index contributed by atoms with van der Waals surface area (Å²) in [6.07, 6.45) is 0.812. The highest BCUT2D eigenvalue weighted by Gasteiger charge is 2.26. The number of hydrogen-bond acceptors (Lipinski definition) is 4. The predicted molar refractivity (Wildman–Crippen MR) is 105 cm³/mol. The Hall–Kier alpha value is -1.40. The molecule has 1 fully saturated rings. The summed E-state index contributed by atoms with van der Waals surface area (Å²) >= 11 is 0. The molecule has 1 amide bonds. The molecule has 1 saturated heterocycles. The van der Waals surface area contributed by atoms with E-state index in [1.165, 1.54) is 0 Å². The number of carbonyl (C=O) groups excluding carboxylic acids is 1. The third-order valence-electron chi connectivity index (χ3n) is 4.31. The first-order chi connectivity index (χ1) is 11.1. The van der Waals surface area contributed by atoms with Crippen molar-refractivity contribution in [3.63, 3.8) is 0 Å². The molecule has 1 aliphatic heterocycles. The third kappa shape index (κ3) is 4.82. The maximum Gasteiger partial charge on any atom is 0.255 e. The van der Waals surface area contributed by atoms with E-state index in [4.69, 9.17) is 10.5 Å². The second-order valence-electron chi connectivity index (χ2n) is 6.14. The van der Waals surface area contributed by atoms with Gasteiger partial charge in [0, 0.05) is 18.5 Å². The van der Waals surface area contributed by atoms with Gasteiger partial charge in [0.15, 0.2) is 0 Å². The molecule has 0 bridgehead atoms. The number of aryl methyl sites for hydroxylation is 2. The molecule has 0 aliphatic carbocycles. The number of ether oxygens (including phenoxy) is 1. The Bertz CT molecular complexity index is 738. The highest BCUT2D eigenvalue weighted by Crippen LogP contribution is 2.20. The van der Waals surface area contributed by atoms with Crippen LogP contribution in [0.1, 0.15) is 28.0 Å². The lowest BCUT2D eigenvalue weighted by Crippen LogP contribution is -2.46. The number of nitrogens with two attached hydrogens (primary N) is 1. The van der Waals surface area contributed by atoms with Crippen LogP contribution in [0, 0.1) is 13.8 Å². The lowest BCUT2D eigenvalue weighted by Gasteiger charge is -2.33. The summed E-state index contributed by atoms with van der Waals surface area (Å²) in [5.41, 5.74) is 9.13. The van der Waals surface area contributed by atoms with Crippen LogP contribution in [-0.2, 0) is 4.74 Å². The number of aromatic nitrogens is 1. The molecule has 25 heavy (non-hydrogen) atoms. The van der Waals surface area contributed by atoms with Gasteiger partial charge in [-0.2, -0.15) is 0 Å². The zero-order chi connectivity index (χ0) is 16.4. The molecule has 1 unspecified atom stereocenters. The highest BCUT2D eigenvalue weighted by molar-refractivity contribution is 5.98. The fourth-order valence-corrected chi connectivity index (χ4v) is 3.04. The van der Waals surface area contributed by atoms with Gasteiger partial charge in [-0.05, 0) is 45.0 Å². The Morgan fingerprint density at radius 1 is 1.32 bits per heavy atom. The van der Waals surface area contributed by atoms with Crippen molar-refractivity contribution < 1.29 is 9.53 Å². The van der Waals surface area contributed by atoms with E-state index < -0.39 is 0 Å². The van der Waals surface area contributed by atoms with Crippen LogP contribution in [-0.4, -0.2) is 48.1 Å². The number of carbonyl (C=O) groups is 1. The monoisotopic (exact) mass is 385 g/mol. The largest absolute Gasteiger partial charge is 0.374 e. The van der Waals surface area contributed by atoms with Crippen molar-refractivity contribution in [1.29, 1.82) is 0 Å². The number of halogens is 2. The van der Waals surface area contributed by atoms with Crippen molar-refractivity contribution in [2.24, 2.45) is 5.73 Å². The molecule has 0 spiro atoms. The number of pyridine rings is 1. The first-order valence-corrected chi connectivity index (χ1v) is 8.07. The summed E-state index contributed by atoms with van der Waals surface area (Å²) in [5.74, 6) is 0.0312. The van der Waals surface area contributed by atoms with Gasteiger partial charge in [0.25, 0.3) is 5.91 Å². The molecule has 0 saturated carbocycles. The summed E-state index contributed by atoms with van der Waals surface area (Å²) in [6.45, 7) is 6.29. The summed E-state index contributed by atoms with van der Waals surface area (Å²) in [7, 11) is 0. The van der Waals surface area contributed by atoms with Gasteiger partial charge in [-0.25, -0.2) is 0 Å². The fraction of sp³-hybridized carbons (Fsp3) is 0.444. The highest BCUT2D eigenvalue weighted by atomic mass is 35.5. The quantitative estimate of drug-likeness (QED) is 0.881. The fourth-order valence-electron chi connectivity index (χ4n) is 3.04. The molecule has 3 rings (SSSR count). The zero-order valence-corrected chi connectivity index (χ0v) is 16.2. The van der Waals surface area contributed by atoms with Crippen LogP contribution >= 0.6 is 24.8 Å². The van der Waals surface area contributed by atoms with Gasteiger partial charge >= 0.3 is 0 Å². The second kappa shape index (κ2) is 9.34. The van der Waals surface area contributed by atoms with E-state index in [9.17, 15) is 4.79 Å². The second-order valence-corrected chi connectivity index (χ2v) is 6.14. The molecule has 2 heterocycles. The van der Waals surface area contributed by atoms with Crippen molar-refractivity contribution in [2.75, 3.05) is 26.2 Å². The molecule has 1 atom stereocenters. The molecule has 1 aliphatic rings. The number of benzene rings is 1. The minimum absolute atomic E-state index is 0. The summed E-state index contributed by atoms with van der Waals surface area (Å²) in [5, 5.41) is 1.01. The predicted octanol–water partition coefficient (Wildman–Crippen LogP) is 2.89. The number of amides is 1. The first kappa shape index (κ1) is 21.6. The summed E-state index contributed by atoms with van der Waals surface area (Å²) in [6, 6.07) is 8.06. The molecule has 1 aromatic heterocycles. The number of nitrogens with zero attached hydrogens (tertiary/aromatic N) is 2. The minimum atomic E-state index is 0. The molecule has 0 radical (unpaired) electrons. The van der Waals surface area contributed by atoms with E-state index >= 15 is 0 Å². The maximum absolute atomic E-state index is 12.9. The molecule has 7 heteroatoms. The van der Waals surface area contributed by atoms with E-state index in [1.54, 1.807) is 0 Å². The lowest BCUT2D eigenvalue weighted by atomic mass is 10.1. The average Bonchev–Trinajstić information content (AvgIpc) is 2.54. The van der Waals surface area contributed by atoms with Crippen molar-refractivity contribution >= 4 is 41.6 Å². The van der Waals surface area contributed by atoms with Crippen molar-refractivity contribution in [3.05, 3.63) is 41.1 Å². The zero-order valence-electron chi connectivity index (χ0n) is 14.5. The van der Waals surface area contributed by atoms with Crippen LogP contribution < -0.4 is 5.73 Å². The number of rotatable bonds is 3.